The first-order chi connectivity index (χ1) is 17.6. The number of rotatable bonds is 11. The van der Waals surface area contributed by atoms with Crippen molar-refractivity contribution in [2.45, 2.75) is 105 Å². The summed E-state index contributed by atoms with van der Waals surface area (Å²) in [4.78, 5) is 29.9. The molecule has 2 rings (SSSR count). The summed E-state index contributed by atoms with van der Waals surface area (Å²) < 4.78 is 5.55. The van der Waals surface area contributed by atoms with Crippen LogP contribution >= 0.6 is 11.6 Å². The van der Waals surface area contributed by atoms with Crippen molar-refractivity contribution in [3.63, 3.8) is 0 Å². The summed E-state index contributed by atoms with van der Waals surface area (Å²) in [7, 11) is 0. The highest BCUT2D eigenvalue weighted by molar-refractivity contribution is 6.33. The summed E-state index contributed by atoms with van der Waals surface area (Å²) in [6.07, 6.45) is 1.68. The zero-order valence-electron chi connectivity index (χ0n) is 24.9. The van der Waals surface area contributed by atoms with Crippen LogP contribution in [0.15, 0.2) is 24.3 Å². The van der Waals surface area contributed by atoms with Gasteiger partial charge in [0.05, 0.1) is 29.4 Å². The smallest absolute Gasteiger partial charge is 0.408 e. The normalized spacial score (nSPS) is 20.4. The maximum atomic E-state index is 13.3. The van der Waals surface area contributed by atoms with Crippen LogP contribution in [0.4, 0.5) is 10.5 Å². The number of halogens is 1. The van der Waals surface area contributed by atoms with Gasteiger partial charge in [0, 0.05) is 18.6 Å². The Labute approximate surface area is 235 Å². The van der Waals surface area contributed by atoms with E-state index in [1.54, 1.807) is 11.0 Å². The van der Waals surface area contributed by atoms with Crippen molar-refractivity contribution >= 4 is 29.3 Å². The lowest BCUT2D eigenvalue weighted by atomic mass is 9.78. The lowest BCUT2D eigenvalue weighted by Gasteiger charge is -2.48. The Morgan fingerprint density at radius 3 is 2.37 bits per heavy atom. The van der Waals surface area contributed by atoms with Gasteiger partial charge in [-0.3, -0.25) is 9.69 Å². The third-order valence-corrected chi connectivity index (χ3v) is 8.23. The molecule has 0 aromatic heterocycles. The molecule has 1 aliphatic rings. The molecule has 1 heterocycles. The van der Waals surface area contributed by atoms with Gasteiger partial charge in [-0.1, -0.05) is 64.3 Å². The van der Waals surface area contributed by atoms with Gasteiger partial charge in [0.25, 0.3) is 0 Å². The Hall–Kier alpha value is -1.83. The number of ether oxygens (including phenoxy) is 1. The summed E-state index contributed by atoms with van der Waals surface area (Å²) in [6, 6.07) is 6.75. The summed E-state index contributed by atoms with van der Waals surface area (Å²) in [5, 5.41) is 15.1. The zero-order valence-corrected chi connectivity index (χ0v) is 25.6. The van der Waals surface area contributed by atoms with Gasteiger partial charge < -0.3 is 20.1 Å². The lowest BCUT2D eigenvalue weighted by molar-refractivity contribution is -0.124. The number of piperazine rings is 1. The molecule has 1 saturated heterocycles. The zero-order chi connectivity index (χ0) is 28.8. The van der Waals surface area contributed by atoms with Crippen LogP contribution in [0.3, 0.4) is 0 Å². The second-order valence-corrected chi connectivity index (χ2v) is 13.1. The molecule has 1 unspecified atom stereocenters. The predicted molar refractivity (Wildman–Crippen MR) is 156 cm³/mol. The molecule has 1 fully saturated rings. The molecule has 2 N–H and O–H groups in total. The van der Waals surface area contributed by atoms with Gasteiger partial charge in [-0.15, -0.1) is 0 Å². The molecule has 38 heavy (non-hydrogen) atoms. The van der Waals surface area contributed by atoms with E-state index in [0.717, 1.165) is 19.3 Å². The quantitative estimate of drug-likeness (QED) is 0.346. The minimum Gasteiger partial charge on any atom is -0.444 e. The van der Waals surface area contributed by atoms with Crippen molar-refractivity contribution in [3.05, 3.63) is 29.3 Å². The van der Waals surface area contributed by atoms with E-state index in [0.29, 0.717) is 35.6 Å². The fraction of sp³-hybridized carbons (Fsp3) is 0.733. The summed E-state index contributed by atoms with van der Waals surface area (Å²) in [5.74, 6) is 0.757. The van der Waals surface area contributed by atoms with Crippen molar-refractivity contribution in [3.8, 4) is 0 Å². The number of aliphatic hydroxyl groups is 1. The van der Waals surface area contributed by atoms with Gasteiger partial charge in [0.2, 0.25) is 5.91 Å². The Bertz CT molecular complexity index is 932. The Kier molecular flexibility index (Phi) is 11.5. The van der Waals surface area contributed by atoms with Crippen LogP contribution in [0, 0.1) is 17.8 Å². The number of nitrogens with one attached hydrogen (secondary N) is 1. The van der Waals surface area contributed by atoms with Crippen molar-refractivity contribution in [1.29, 1.82) is 0 Å². The molecule has 2 amide bonds. The number of nitrogens with zero attached hydrogens (tertiary/aromatic N) is 2. The van der Waals surface area contributed by atoms with Gasteiger partial charge in [-0.25, -0.2) is 4.79 Å². The first-order valence-corrected chi connectivity index (χ1v) is 14.4. The van der Waals surface area contributed by atoms with Crippen LogP contribution in [0.2, 0.25) is 5.02 Å². The number of alkyl carbamates (subject to hydrolysis) is 1. The Balaban J connectivity index is 2.29. The van der Waals surface area contributed by atoms with Crippen LogP contribution in [0.1, 0.15) is 81.6 Å². The SMILES string of the molecule is CC[C@H](C)C[C@H](CC)C(C)[C@@H](O)[C@H](CN1CC(=O)N(c2ccccc2Cl)CC1(C)C)NC(=O)OC(C)(C)C. The average molecular weight is 552 g/mol. The Morgan fingerprint density at radius 2 is 1.82 bits per heavy atom. The van der Waals surface area contributed by atoms with Gasteiger partial charge in [-0.05, 0) is 70.9 Å². The predicted octanol–water partition coefficient (Wildman–Crippen LogP) is 6.12. The van der Waals surface area contributed by atoms with Gasteiger partial charge >= 0.3 is 6.09 Å². The first kappa shape index (κ1) is 32.4. The molecule has 0 radical (unpaired) electrons. The number of benzene rings is 1. The fourth-order valence-electron chi connectivity index (χ4n) is 5.26. The molecule has 1 aromatic carbocycles. The number of para-hydroxylation sites is 1. The minimum absolute atomic E-state index is 0.0443. The number of carbonyl (C=O) groups excluding carboxylic acids is 2. The molecule has 8 heteroatoms. The van der Waals surface area contributed by atoms with Crippen LogP contribution in [0.5, 0.6) is 0 Å². The van der Waals surface area contributed by atoms with Crippen LogP contribution < -0.4 is 10.2 Å². The molecule has 0 saturated carbocycles. The van der Waals surface area contributed by atoms with E-state index in [1.165, 1.54) is 0 Å². The molecular formula is C30H50ClN3O4. The molecule has 7 nitrogen and oxygen atoms in total. The van der Waals surface area contributed by atoms with E-state index >= 15 is 0 Å². The highest BCUT2D eigenvalue weighted by Gasteiger charge is 2.42. The van der Waals surface area contributed by atoms with Crippen molar-refractivity contribution in [1.82, 2.24) is 10.2 Å². The third-order valence-electron chi connectivity index (χ3n) is 7.91. The molecule has 0 spiro atoms. The van der Waals surface area contributed by atoms with E-state index < -0.39 is 29.4 Å². The maximum Gasteiger partial charge on any atom is 0.408 e. The monoisotopic (exact) mass is 551 g/mol. The molecule has 0 aliphatic carbocycles. The summed E-state index contributed by atoms with van der Waals surface area (Å²) in [6.45, 7) is 19.1. The van der Waals surface area contributed by atoms with Crippen molar-refractivity contribution in [2.75, 3.05) is 24.5 Å². The van der Waals surface area contributed by atoms with Gasteiger partial charge in [0.1, 0.15) is 5.60 Å². The van der Waals surface area contributed by atoms with Crippen molar-refractivity contribution in [2.24, 2.45) is 17.8 Å². The van der Waals surface area contributed by atoms with E-state index in [-0.39, 0.29) is 18.4 Å². The minimum atomic E-state index is -0.802. The fourth-order valence-corrected chi connectivity index (χ4v) is 5.49. The number of amides is 2. The largest absolute Gasteiger partial charge is 0.444 e. The maximum absolute atomic E-state index is 13.3. The Morgan fingerprint density at radius 1 is 1.18 bits per heavy atom. The summed E-state index contributed by atoms with van der Waals surface area (Å²) in [5.41, 5.74) is -0.395. The molecule has 1 aromatic rings. The van der Waals surface area contributed by atoms with E-state index in [9.17, 15) is 14.7 Å². The number of anilines is 1. The third kappa shape index (κ3) is 8.85. The van der Waals surface area contributed by atoms with Crippen molar-refractivity contribution < 1.29 is 19.4 Å². The topological polar surface area (TPSA) is 82.1 Å². The standard InChI is InChI=1S/C30H50ClN3O4/c1-10-20(3)16-22(11-2)21(4)27(36)24(32-28(37)38-29(5,6)7)17-33-18-26(35)34(19-30(33,8)9)25-15-13-12-14-23(25)31/h12-15,20-22,24,27,36H,10-11,16-19H2,1-9H3,(H,32,37)/t20-,21?,22-,24-,27+/m0/s1. The second-order valence-electron chi connectivity index (χ2n) is 12.6. The van der Waals surface area contributed by atoms with Crippen LogP contribution in [0.25, 0.3) is 0 Å². The number of aliphatic hydroxyl groups excluding tert-OH is 1. The van der Waals surface area contributed by atoms with Gasteiger partial charge in [0.15, 0.2) is 0 Å². The number of hydrogen-bond acceptors (Lipinski definition) is 5. The van der Waals surface area contributed by atoms with E-state index in [2.05, 4.69) is 51.8 Å². The molecular weight excluding hydrogens is 502 g/mol. The van der Waals surface area contributed by atoms with Crippen LogP contribution in [-0.2, 0) is 9.53 Å². The van der Waals surface area contributed by atoms with Gasteiger partial charge in [-0.2, -0.15) is 0 Å². The number of hydrogen-bond donors (Lipinski definition) is 2. The average Bonchev–Trinajstić information content (AvgIpc) is 2.82. The molecule has 5 atom stereocenters. The second kappa shape index (κ2) is 13.5. The molecule has 216 valence electrons. The first-order valence-electron chi connectivity index (χ1n) is 14.1. The molecule has 1 aliphatic heterocycles. The highest BCUT2D eigenvalue weighted by Crippen LogP contribution is 2.33. The summed E-state index contributed by atoms with van der Waals surface area (Å²) >= 11 is 6.41. The lowest BCUT2D eigenvalue weighted by Crippen LogP contribution is -2.65. The van der Waals surface area contributed by atoms with E-state index in [4.69, 9.17) is 16.3 Å². The van der Waals surface area contributed by atoms with E-state index in [1.807, 2.05) is 39.0 Å². The van der Waals surface area contributed by atoms with Crippen LogP contribution in [-0.4, -0.2) is 64.9 Å². The highest BCUT2D eigenvalue weighted by atomic mass is 35.5. The molecule has 0 bridgehead atoms. The number of carbonyl (C=O) groups is 2.